The topological polar surface area (TPSA) is 55.0 Å². The third kappa shape index (κ3) is 4.49. The quantitative estimate of drug-likeness (QED) is 0.350. The normalized spacial score (nSPS) is 11.2. The highest BCUT2D eigenvalue weighted by Gasteiger charge is 2.12. The third-order valence-electron chi connectivity index (χ3n) is 4.68. The number of esters is 1. The summed E-state index contributed by atoms with van der Waals surface area (Å²) in [6, 6.07) is 19.4. The second-order valence-corrected chi connectivity index (χ2v) is 7.52. The number of hydrogen-bond acceptors (Lipinski definition) is 3. The minimum Gasteiger partial charge on any atom is -0.462 e. The Hall–Kier alpha value is -3.10. The van der Waals surface area contributed by atoms with Gasteiger partial charge in [-0.3, -0.25) is 0 Å². The molecule has 3 aromatic rings. The maximum absolute atomic E-state index is 11.9. The molecule has 0 bridgehead atoms. The molecule has 0 radical (unpaired) electrons. The van der Waals surface area contributed by atoms with E-state index in [-0.39, 0.29) is 5.97 Å². The van der Waals surface area contributed by atoms with Crippen LogP contribution in [0.25, 0.3) is 17.3 Å². The van der Waals surface area contributed by atoms with Crippen molar-refractivity contribution in [3.05, 3.63) is 87.1 Å². The van der Waals surface area contributed by atoms with Gasteiger partial charge in [-0.1, -0.05) is 28.1 Å². The molecule has 0 spiro atoms. The van der Waals surface area contributed by atoms with E-state index in [9.17, 15) is 10.1 Å². The van der Waals surface area contributed by atoms with Crippen LogP contribution in [0.1, 0.15) is 39.8 Å². The first-order chi connectivity index (χ1) is 13.9. The van der Waals surface area contributed by atoms with Gasteiger partial charge >= 0.3 is 5.97 Å². The lowest BCUT2D eigenvalue weighted by Gasteiger charge is -2.10. The molecule has 0 atom stereocenters. The van der Waals surface area contributed by atoms with Crippen molar-refractivity contribution >= 4 is 33.5 Å². The van der Waals surface area contributed by atoms with Crippen LogP contribution >= 0.6 is 15.9 Å². The van der Waals surface area contributed by atoms with Crippen molar-refractivity contribution in [1.29, 1.82) is 5.26 Å². The fourth-order valence-electron chi connectivity index (χ4n) is 3.26. The van der Waals surface area contributed by atoms with Gasteiger partial charge in [-0.05, 0) is 80.4 Å². The van der Waals surface area contributed by atoms with E-state index in [1.165, 1.54) is 0 Å². The summed E-state index contributed by atoms with van der Waals surface area (Å²) in [5, 5.41) is 9.64. The summed E-state index contributed by atoms with van der Waals surface area (Å²) < 4.78 is 8.13. The minimum atomic E-state index is -0.322. The van der Waals surface area contributed by atoms with E-state index in [1.807, 2.05) is 56.3 Å². The molecule has 3 rings (SSSR count). The van der Waals surface area contributed by atoms with Crippen LogP contribution in [0.2, 0.25) is 0 Å². The van der Waals surface area contributed by atoms with Crippen LogP contribution in [0.3, 0.4) is 0 Å². The molecule has 0 saturated heterocycles. The Kier molecular flexibility index (Phi) is 6.36. The number of halogens is 1. The van der Waals surface area contributed by atoms with Gasteiger partial charge in [-0.2, -0.15) is 5.26 Å². The summed E-state index contributed by atoms with van der Waals surface area (Å²) in [6.07, 6.45) is 1.91. The van der Waals surface area contributed by atoms with Gasteiger partial charge in [-0.15, -0.1) is 0 Å². The summed E-state index contributed by atoms with van der Waals surface area (Å²) in [6.45, 7) is 6.19. The van der Waals surface area contributed by atoms with Crippen molar-refractivity contribution < 1.29 is 9.53 Å². The number of nitrogens with zero attached hydrogens (tertiary/aromatic N) is 2. The molecule has 0 saturated carbocycles. The van der Waals surface area contributed by atoms with E-state index >= 15 is 0 Å². The van der Waals surface area contributed by atoms with Crippen LogP contribution in [-0.2, 0) is 4.74 Å². The highest BCUT2D eigenvalue weighted by Crippen LogP contribution is 2.26. The molecule has 0 aliphatic carbocycles. The maximum atomic E-state index is 11.9. The van der Waals surface area contributed by atoms with E-state index in [2.05, 4.69) is 32.6 Å². The van der Waals surface area contributed by atoms with E-state index in [1.54, 1.807) is 19.1 Å². The second-order valence-electron chi connectivity index (χ2n) is 6.61. The summed E-state index contributed by atoms with van der Waals surface area (Å²) >= 11 is 3.42. The largest absolute Gasteiger partial charge is 0.462 e. The zero-order valence-electron chi connectivity index (χ0n) is 16.6. The van der Waals surface area contributed by atoms with E-state index in [0.717, 1.165) is 32.7 Å². The van der Waals surface area contributed by atoms with Gasteiger partial charge in [0, 0.05) is 21.5 Å². The number of allylic oxidation sites excluding steroid dienone is 1. The monoisotopic (exact) mass is 448 g/mol. The molecule has 1 heterocycles. The Morgan fingerprint density at radius 2 is 1.72 bits per heavy atom. The van der Waals surface area contributed by atoms with Crippen LogP contribution < -0.4 is 0 Å². The molecule has 1 aromatic heterocycles. The summed E-state index contributed by atoms with van der Waals surface area (Å²) in [5.41, 5.74) is 6.02. The van der Waals surface area contributed by atoms with Crippen molar-refractivity contribution in [1.82, 2.24) is 4.57 Å². The molecular weight excluding hydrogens is 428 g/mol. The van der Waals surface area contributed by atoms with E-state index < -0.39 is 0 Å². The van der Waals surface area contributed by atoms with Gasteiger partial charge in [-0.25, -0.2) is 4.79 Å². The van der Waals surface area contributed by atoms with Gasteiger partial charge in [0.1, 0.15) is 0 Å². The lowest BCUT2D eigenvalue weighted by atomic mass is 10.0. The molecule has 0 N–H and O–H groups in total. The lowest BCUT2D eigenvalue weighted by Crippen LogP contribution is -2.05. The zero-order valence-corrected chi connectivity index (χ0v) is 18.2. The number of carbonyl (C=O) groups excluding carboxylic acids is 1. The summed E-state index contributed by atoms with van der Waals surface area (Å²) in [7, 11) is 0. The van der Waals surface area contributed by atoms with Crippen LogP contribution in [-0.4, -0.2) is 17.1 Å². The van der Waals surface area contributed by atoms with E-state index in [4.69, 9.17) is 4.74 Å². The number of rotatable bonds is 5. The lowest BCUT2D eigenvalue weighted by molar-refractivity contribution is 0.0526. The average Bonchev–Trinajstić information content (AvgIpc) is 3.00. The molecule has 146 valence electrons. The zero-order chi connectivity index (χ0) is 21.0. The fourth-order valence-corrected chi connectivity index (χ4v) is 3.52. The number of benzene rings is 2. The Bertz CT molecular complexity index is 1100. The number of aromatic nitrogens is 1. The van der Waals surface area contributed by atoms with Crippen molar-refractivity contribution in [3.63, 3.8) is 0 Å². The molecule has 5 heteroatoms. The van der Waals surface area contributed by atoms with Crippen molar-refractivity contribution in [3.8, 4) is 11.8 Å². The molecule has 29 heavy (non-hydrogen) atoms. The second kappa shape index (κ2) is 8.93. The van der Waals surface area contributed by atoms with Crippen LogP contribution in [0.5, 0.6) is 0 Å². The maximum Gasteiger partial charge on any atom is 0.338 e. The molecule has 4 nitrogen and oxygen atoms in total. The Morgan fingerprint density at radius 1 is 1.10 bits per heavy atom. The van der Waals surface area contributed by atoms with Gasteiger partial charge in [0.2, 0.25) is 0 Å². The van der Waals surface area contributed by atoms with Gasteiger partial charge in [0.15, 0.2) is 0 Å². The molecule has 2 aromatic carbocycles. The van der Waals surface area contributed by atoms with E-state index in [0.29, 0.717) is 17.7 Å². The summed E-state index contributed by atoms with van der Waals surface area (Å²) in [5.74, 6) is -0.322. The van der Waals surface area contributed by atoms with Crippen molar-refractivity contribution in [2.75, 3.05) is 6.61 Å². The third-order valence-corrected chi connectivity index (χ3v) is 5.21. The highest BCUT2D eigenvalue weighted by atomic mass is 79.9. The predicted molar refractivity (Wildman–Crippen MR) is 119 cm³/mol. The van der Waals surface area contributed by atoms with Gasteiger partial charge in [0.25, 0.3) is 0 Å². The summed E-state index contributed by atoms with van der Waals surface area (Å²) in [4.78, 5) is 11.9. The van der Waals surface area contributed by atoms with Gasteiger partial charge in [0.05, 0.1) is 23.8 Å². The standard InChI is InChI=1S/C24H21BrN2O2/c1-4-29-24(28)19-7-11-23(12-8-19)27-16(2)13-20(17(27)3)14-21(15-26)18-5-9-22(25)10-6-18/h5-14H,4H2,1-3H3/b21-14+. The van der Waals surface area contributed by atoms with Crippen LogP contribution in [0, 0.1) is 25.2 Å². The fraction of sp³-hybridized carbons (Fsp3) is 0.167. The molecule has 0 fully saturated rings. The van der Waals surface area contributed by atoms with Crippen molar-refractivity contribution in [2.24, 2.45) is 0 Å². The van der Waals surface area contributed by atoms with Crippen LogP contribution in [0.15, 0.2) is 59.1 Å². The first kappa shape index (κ1) is 20.6. The average molecular weight is 449 g/mol. The molecule has 0 unspecified atom stereocenters. The Morgan fingerprint density at radius 3 is 2.31 bits per heavy atom. The van der Waals surface area contributed by atoms with Crippen LogP contribution in [0.4, 0.5) is 0 Å². The highest BCUT2D eigenvalue weighted by molar-refractivity contribution is 9.10. The Labute approximate surface area is 179 Å². The molecule has 0 aliphatic rings. The first-order valence-corrected chi connectivity index (χ1v) is 10.1. The number of nitriles is 1. The molecule has 0 aliphatic heterocycles. The number of carbonyl (C=O) groups is 1. The number of aryl methyl sites for hydroxylation is 1. The van der Waals surface area contributed by atoms with Crippen molar-refractivity contribution in [2.45, 2.75) is 20.8 Å². The van der Waals surface area contributed by atoms with Gasteiger partial charge < -0.3 is 9.30 Å². The first-order valence-electron chi connectivity index (χ1n) is 9.28. The Balaban J connectivity index is 1.97. The number of ether oxygens (including phenoxy) is 1. The predicted octanol–water partition coefficient (Wildman–Crippen LogP) is 6.10. The molecule has 0 amide bonds. The number of hydrogen-bond donors (Lipinski definition) is 0. The minimum absolute atomic E-state index is 0.322. The molecular formula is C24H21BrN2O2. The SMILES string of the molecule is CCOC(=O)c1ccc(-n2c(C)cc(/C=C(\C#N)c3ccc(Br)cc3)c2C)cc1. The smallest absolute Gasteiger partial charge is 0.338 e.